The molecule has 262 valence electrons. The second-order valence-electron chi connectivity index (χ2n) is 13.5. The Kier molecular flexibility index (Phi) is 34.2. The predicted molar refractivity (Wildman–Crippen MR) is 190 cm³/mol. The molecule has 0 saturated heterocycles. The van der Waals surface area contributed by atoms with Gasteiger partial charge in [0.05, 0.1) is 31.3 Å². The van der Waals surface area contributed by atoms with Gasteiger partial charge in [0, 0.05) is 0 Å². The van der Waals surface area contributed by atoms with E-state index in [1.54, 1.807) is 6.08 Å². The van der Waals surface area contributed by atoms with E-state index in [1.807, 2.05) is 6.08 Å². The molecular weight excluding hydrogens is 546 g/mol. The lowest BCUT2D eigenvalue weighted by Crippen LogP contribution is -2.45. The molecule has 0 saturated carbocycles. The van der Waals surface area contributed by atoms with Crippen molar-refractivity contribution in [1.82, 2.24) is 5.32 Å². The summed E-state index contributed by atoms with van der Waals surface area (Å²) >= 11 is 0. The average molecular weight is 624 g/mol. The molecule has 0 radical (unpaired) electrons. The van der Waals surface area contributed by atoms with Gasteiger partial charge in [-0.1, -0.05) is 193 Å². The summed E-state index contributed by atoms with van der Waals surface area (Å²) < 4.78 is 0. The Morgan fingerprint density at radius 3 is 1.32 bits per heavy atom. The highest BCUT2D eigenvalue weighted by atomic mass is 16.3. The molecule has 0 aromatic carbocycles. The van der Waals surface area contributed by atoms with Crippen LogP contribution in [0.4, 0.5) is 0 Å². The predicted octanol–water partition coefficient (Wildman–Crippen LogP) is 10.5. The van der Waals surface area contributed by atoms with Crippen LogP contribution in [0, 0.1) is 0 Å². The number of unbranched alkanes of at least 4 members (excludes halogenated alkanes) is 26. The van der Waals surface area contributed by atoms with E-state index in [1.165, 1.54) is 154 Å². The summed E-state index contributed by atoms with van der Waals surface area (Å²) in [6, 6.07) is -0.737. The fourth-order valence-electron chi connectivity index (χ4n) is 6.05. The first-order chi connectivity index (χ1) is 21.5. The van der Waals surface area contributed by atoms with Crippen LogP contribution in [0.2, 0.25) is 0 Å². The number of amides is 1. The highest BCUT2D eigenvalue weighted by Gasteiger charge is 2.20. The van der Waals surface area contributed by atoms with Crippen molar-refractivity contribution in [2.45, 2.75) is 225 Å². The number of carbonyl (C=O) groups is 1. The monoisotopic (exact) mass is 624 g/mol. The molecule has 4 N–H and O–H groups in total. The van der Waals surface area contributed by atoms with E-state index < -0.39 is 18.2 Å². The molecule has 3 atom stereocenters. The molecule has 3 unspecified atom stereocenters. The van der Waals surface area contributed by atoms with Crippen molar-refractivity contribution < 1.29 is 20.1 Å². The molecule has 0 aromatic heterocycles. The van der Waals surface area contributed by atoms with E-state index in [0.29, 0.717) is 6.42 Å². The molecule has 0 aliphatic carbocycles. The summed E-state index contributed by atoms with van der Waals surface area (Å²) in [6.07, 6.45) is 39.3. The number of hydrogen-bond donors (Lipinski definition) is 4. The van der Waals surface area contributed by atoms with Crippen LogP contribution in [0.25, 0.3) is 0 Å². The van der Waals surface area contributed by atoms with E-state index in [9.17, 15) is 20.1 Å². The van der Waals surface area contributed by atoms with Crippen LogP contribution in [-0.4, -0.2) is 46.1 Å². The summed E-state index contributed by atoms with van der Waals surface area (Å²) in [7, 11) is 0. The minimum absolute atomic E-state index is 0.0167. The van der Waals surface area contributed by atoms with Crippen molar-refractivity contribution in [1.29, 1.82) is 0 Å². The molecule has 0 fully saturated rings. The van der Waals surface area contributed by atoms with Gasteiger partial charge in [-0.05, 0) is 19.3 Å². The van der Waals surface area contributed by atoms with Crippen molar-refractivity contribution in [3.63, 3.8) is 0 Å². The molecule has 0 aliphatic heterocycles. The molecule has 0 bridgehead atoms. The van der Waals surface area contributed by atoms with Gasteiger partial charge < -0.3 is 20.6 Å². The van der Waals surface area contributed by atoms with Gasteiger partial charge in [0.25, 0.3) is 0 Å². The second-order valence-corrected chi connectivity index (χ2v) is 13.5. The van der Waals surface area contributed by atoms with Crippen molar-refractivity contribution in [3.8, 4) is 0 Å². The van der Waals surface area contributed by atoms with E-state index in [0.717, 1.165) is 25.7 Å². The largest absolute Gasteiger partial charge is 0.394 e. The lowest BCUT2D eigenvalue weighted by Gasteiger charge is -2.21. The molecule has 44 heavy (non-hydrogen) atoms. The number of rotatable bonds is 35. The van der Waals surface area contributed by atoms with E-state index in [-0.39, 0.29) is 18.9 Å². The van der Waals surface area contributed by atoms with Gasteiger partial charge in [-0.2, -0.15) is 0 Å². The highest BCUT2D eigenvalue weighted by Crippen LogP contribution is 2.15. The van der Waals surface area contributed by atoms with Crippen molar-refractivity contribution in [2.24, 2.45) is 0 Å². The fraction of sp³-hybridized carbons (Fsp3) is 0.923. The maximum absolute atomic E-state index is 12.3. The Labute approximate surface area is 274 Å². The zero-order valence-electron chi connectivity index (χ0n) is 29.6. The van der Waals surface area contributed by atoms with Crippen molar-refractivity contribution in [2.75, 3.05) is 6.61 Å². The van der Waals surface area contributed by atoms with Crippen molar-refractivity contribution in [3.05, 3.63) is 12.2 Å². The first-order valence-corrected chi connectivity index (χ1v) is 19.5. The topological polar surface area (TPSA) is 89.8 Å². The Balaban J connectivity index is 3.63. The van der Waals surface area contributed by atoms with E-state index in [4.69, 9.17) is 0 Å². The van der Waals surface area contributed by atoms with Gasteiger partial charge in [0.1, 0.15) is 0 Å². The number of carbonyl (C=O) groups excluding carboxylic acids is 1. The molecule has 1 amide bonds. The van der Waals surface area contributed by atoms with Crippen LogP contribution in [-0.2, 0) is 4.79 Å². The Bertz CT molecular complexity index is 611. The van der Waals surface area contributed by atoms with E-state index >= 15 is 0 Å². The SMILES string of the molecule is CCCCCCCCCCCCCCCCCCCCC/C=C/C(O)C(CO)NC(=O)CC(O)CCCCCCCCCC. The number of aliphatic hydroxyl groups is 3. The van der Waals surface area contributed by atoms with Crippen LogP contribution in [0.1, 0.15) is 206 Å². The second kappa shape index (κ2) is 35.0. The van der Waals surface area contributed by atoms with Gasteiger partial charge in [-0.25, -0.2) is 0 Å². The van der Waals surface area contributed by atoms with Crippen molar-refractivity contribution >= 4 is 5.91 Å². The first-order valence-electron chi connectivity index (χ1n) is 19.5. The third-order valence-corrected chi connectivity index (χ3v) is 9.07. The molecule has 0 heterocycles. The molecule has 0 aromatic rings. The smallest absolute Gasteiger partial charge is 0.222 e. The molecule has 0 spiro atoms. The maximum atomic E-state index is 12.3. The normalized spacial score (nSPS) is 13.8. The maximum Gasteiger partial charge on any atom is 0.222 e. The molecule has 5 heteroatoms. The Hall–Kier alpha value is -0.910. The zero-order chi connectivity index (χ0) is 32.4. The lowest BCUT2D eigenvalue weighted by molar-refractivity contribution is -0.124. The van der Waals surface area contributed by atoms with Crippen LogP contribution in [0.15, 0.2) is 12.2 Å². The summed E-state index contributed by atoms with van der Waals surface area (Å²) in [5.74, 6) is -0.317. The van der Waals surface area contributed by atoms with Crippen LogP contribution < -0.4 is 5.32 Å². The average Bonchev–Trinajstić information content (AvgIpc) is 3.01. The number of nitrogens with one attached hydrogen (secondary N) is 1. The quantitative estimate of drug-likeness (QED) is 0.0418. The summed E-state index contributed by atoms with van der Waals surface area (Å²) in [5, 5.41) is 33.0. The number of aliphatic hydroxyl groups excluding tert-OH is 3. The third kappa shape index (κ3) is 31.1. The molecule has 5 nitrogen and oxygen atoms in total. The third-order valence-electron chi connectivity index (χ3n) is 9.07. The van der Waals surface area contributed by atoms with Crippen LogP contribution in [0.5, 0.6) is 0 Å². The van der Waals surface area contributed by atoms with Crippen LogP contribution >= 0.6 is 0 Å². The van der Waals surface area contributed by atoms with Gasteiger partial charge in [0.2, 0.25) is 5.91 Å². The van der Waals surface area contributed by atoms with Gasteiger partial charge >= 0.3 is 0 Å². The molecule has 0 rings (SSSR count). The first kappa shape index (κ1) is 43.1. The van der Waals surface area contributed by atoms with Gasteiger partial charge in [0.15, 0.2) is 0 Å². The molecular formula is C39H77NO4. The van der Waals surface area contributed by atoms with Gasteiger partial charge in [-0.15, -0.1) is 0 Å². The Morgan fingerprint density at radius 1 is 0.568 bits per heavy atom. The summed E-state index contributed by atoms with van der Waals surface area (Å²) in [4.78, 5) is 12.3. The highest BCUT2D eigenvalue weighted by molar-refractivity contribution is 5.76. The summed E-state index contributed by atoms with van der Waals surface area (Å²) in [5.41, 5.74) is 0. The standard InChI is InChI=1S/C39H77NO4/c1-3-5-7-9-11-13-14-15-16-17-18-19-20-21-22-23-24-25-27-29-31-33-38(43)37(35-41)40-39(44)34-36(42)32-30-28-26-12-10-8-6-4-2/h31,33,36-38,41-43H,3-30,32,34-35H2,1-2H3,(H,40,44)/b33-31+. The van der Waals surface area contributed by atoms with E-state index in [2.05, 4.69) is 19.2 Å². The van der Waals surface area contributed by atoms with Crippen LogP contribution in [0.3, 0.4) is 0 Å². The fourth-order valence-corrected chi connectivity index (χ4v) is 6.05. The minimum Gasteiger partial charge on any atom is -0.394 e. The van der Waals surface area contributed by atoms with Gasteiger partial charge in [-0.3, -0.25) is 4.79 Å². The number of hydrogen-bond acceptors (Lipinski definition) is 4. The number of allylic oxidation sites excluding steroid dienone is 1. The molecule has 0 aliphatic rings. The zero-order valence-corrected chi connectivity index (χ0v) is 29.6. The summed E-state index contributed by atoms with van der Waals surface area (Å²) in [6.45, 7) is 4.18. The minimum atomic E-state index is -0.922. The lowest BCUT2D eigenvalue weighted by atomic mass is 10.0. The Morgan fingerprint density at radius 2 is 0.932 bits per heavy atom.